The molecule has 5 nitrogen and oxygen atoms in total. The van der Waals surface area contributed by atoms with Crippen molar-refractivity contribution in [2.45, 2.75) is 31.3 Å². The highest BCUT2D eigenvalue weighted by Crippen LogP contribution is 2.24. The van der Waals surface area contributed by atoms with Crippen LogP contribution in [-0.4, -0.2) is 47.3 Å². The molecule has 2 unspecified atom stereocenters. The number of benzene rings is 1. The van der Waals surface area contributed by atoms with Gasteiger partial charge in [-0.3, -0.25) is 9.59 Å². The maximum absolute atomic E-state index is 12.5. The van der Waals surface area contributed by atoms with Crippen LogP contribution < -0.4 is 5.73 Å². The van der Waals surface area contributed by atoms with Crippen LogP contribution in [0.1, 0.15) is 30.9 Å². The van der Waals surface area contributed by atoms with E-state index >= 15 is 0 Å². The average molecular weight is 287 g/mol. The minimum Gasteiger partial charge on any atom is -0.330 e. The number of nitrogens with two attached hydrogens (primary N) is 1. The molecule has 0 spiro atoms. The van der Waals surface area contributed by atoms with Gasteiger partial charge in [-0.15, -0.1) is 0 Å². The number of nitrogens with zero attached hydrogens (tertiary/aromatic N) is 2. The predicted octanol–water partition coefficient (Wildman–Crippen LogP) is 0.910. The molecule has 2 heterocycles. The van der Waals surface area contributed by atoms with Crippen LogP contribution in [0, 0.1) is 0 Å². The monoisotopic (exact) mass is 287 g/mol. The Morgan fingerprint density at radius 3 is 2.71 bits per heavy atom. The van der Waals surface area contributed by atoms with E-state index in [0.29, 0.717) is 13.1 Å². The number of fused-ring (bicyclic) bond motifs is 1. The van der Waals surface area contributed by atoms with Crippen molar-refractivity contribution in [3.63, 3.8) is 0 Å². The first-order valence-corrected chi connectivity index (χ1v) is 7.55. The number of hydrogen-bond donors (Lipinski definition) is 1. The smallest absolute Gasteiger partial charge is 0.245 e. The van der Waals surface area contributed by atoms with E-state index in [-0.39, 0.29) is 30.4 Å². The van der Waals surface area contributed by atoms with Crippen LogP contribution in [0.5, 0.6) is 0 Å². The standard InChI is InChI=1S/C16H21N3O2/c17-13(12-6-2-1-3-7-12)10-18-11-15(20)19-9-5-4-8-14(19)16(18)21/h1-3,6-7,13-14H,4-5,8-11,17H2. The van der Waals surface area contributed by atoms with E-state index in [4.69, 9.17) is 5.73 Å². The molecule has 2 fully saturated rings. The lowest BCUT2D eigenvalue weighted by Crippen LogP contribution is -2.61. The Bertz CT molecular complexity index is 532. The van der Waals surface area contributed by atoms with Crippen molar-refractivity contribution in [3.8, 4) is 0 Å². The topological polar surface area (TPSA) is 66.6 Å². The van der Waals surface area contributed by atoms with Crippen molar-refractivity contribution in [3.05, 3.63) is 35.9 Å². The summed E-state index contributed by atoms with van der Waals surface area (Å²) in [4.78, 5) is 28.1. The first kappa shape index (κ1) is 14.1. The molecule has 112 valence electrons. The van der Waals surface area contributed by atoms with Crippen LogP contribution in [0.25, 0.3) is 0 Å². The van der Waals surface area contributed by atoms with Gasteiger partial charge in [0.2, 0.25) is 11.8 Å². The second-order valence-corrected chi connectivity index (χ2v) is 5.83. The Morgan fingerprint density at radius 1 is 1.19 bits per heavy atom. The van der Waals surface area contributed by atoms with Crippen LogP contribution in [-0.2, 0) is 9.59 Å². The van der Waals surface area contributed by atoms with Gasteiger partial charge in [-0.05, 0) is 24.8 Å². The summed E-state index contributed by atoms with van der Waals surface area (Å²) in [6, 6.07) is 9.19. The van der Waals surface area contributed by atoms with E-state index in [2.05, 4.69) is 0 Å². The van der Waals surface area contributed by atoms with E-state index < -0.39 is 0 Å². The molecule has 2 N–H and O–H groups in total. The number of carbonyl (C=O) groups is 2. The third kappa shape index (κ3) is 2.78. The first-order chi connectivity index (χ1) is 10.2. The van der Waals surface area contributed by atoms with Crippen LogP contribution in [0.15, 0.2) is 30.3 Å². The zero-order valence-electron chi connectivity index (χ0n) is 12.1. The summed E-state index contributed by atoms with van der Waals surface area (Å²) in [6.45, 7) is 1.28. The Morgan fingerprint density at radius 2 is 1.95 bits per heavy atom. The number of piperidine rings is 1. The number of hydrogen-bond acceptors (Lipinski definition) is 3. The lowest BCUT2D eigenvalue weighted by Gasteiger charge is -2.43. The molecule has 0 bridgehead atoms. The maximum Gasteiger partial charge on any atom is 0.245 e. The van der Waals surface area contributed by atoms with E-state index in [0.717, 1.165) is 24.8 Å². The summed E-state index contributed by atoms with van der Waals surface area (Å²) in [5.74, 6) is 0.111. The third-order valence-corrected chi connectivity index (χ3v) is 4.39. The third-order valence-electron chi connectivity index (χ3n) is 4.39. The van der Waals surface area contributed by atoms with Crippen molar-refractivity contribution in [2.24, 2.45) is 5.73 Å². The maximum atomic E-state index is 12.5. The Hall–Kier alpha value is -1.88. The summed E-state index contributed by atoms with van der Waals surface area (Å²) < 4.78 is 0. The van der Waals surface area contributed by atoms with Crippen molar-refractivity contribution in [1.29, 1.82) is 0 Å². The summed E-state index contributed by atoms with van der Waals surface area (Å²) in [6.07, 6.45) is 2.79. The van der Waals surface area contributed by atoms with E-state index in [1.807, 2.05) is 30.3 Å². The molecule has 3 rings (SSSR count). The van der Waals surface area contributed by atoms with Gasteiger partial charge in [0.05, 0.1) is 6.54 Å². The summed E-state index contributed by atoms with van der Waals surface area (Å²) in [5.41, 5.74) is 7.17. The molecule has 2 saturated heterocycles. The number of piperazine rings is 1. The second kappa shape index (κ2) is 5.85. The molecular weight excluding hydrogens is 266 g/mol. The summed E-state index contributed by atoms with van der Waals surface area (Å²) in [5, 5.41) is 0. The highest BCUT2D eigenvalue weighted by molar-refractivity contribution is 5.95. The van der Waals surface area contributed by atoms with Gasteiger partial charge in [-0.2, -0.15) is 0 Å². The van der Waals surface area contributed by atoms with Crippen molar-refractivity contribution in [1.82, 2.24) is 9.80 Å². The average Bonchev–Trinajstić information content (AvgIpc) is 2.53. The van der Waals surface area contributed by atoms with Crippen molar-refractivity contribution < 1.29 is 9.59 Å². The lowest BCUT2D eigenvalue weighted by atomic mass is 9.97. The normalized spacial score (nSPS) is 24.0. The van der Waals surface area contributed by atoms with Crippen molar-refractivity contribution in [2.75, 3.05) is 19.6 Å². The Kier molecular flexibility index (Phi) is 3.92. The van der Waals surface area contributed by atoms with Gasteiger partial charge >= 0.3 is 0 Å². The van der Waals surface area contributed by atoms with Gasteiger partial charge in [0.1, 0.15) is 6.04 Å². The largest absolute Gasteiger partial charge is 0.330 e. The minimum absolute atomic E-state index is 0.0551. The molecule has 0 saturated carbocycles. The van der Waals surface area contributed by atoms with Crippen LogP contribution in [0.4, 0.5) is 0 Å². The highest BCUT2D eigenvalue weighted by Gasteiger charge is 2.40. The van der Waals surface area contributed by atoms with E-state index in [9.17, 15) is 9.59 Å². The number of carbonyl (C=O) groups excluding carboxylic acids is 2. The van der Waals surface area contributed by atoms with Gasteiger partial charge in [0.15, 0.2) is 0 Å². The lowest BCUT2D eigenvalue weighted by molar-refractivity contribution is -0.157. The predicted molar refractivity (Wildman–Crippen MR) is 79.3 cm³/mol. The molecule has 5 heteroatoms. The van der Waals surface area contributed by atoms with Crippen LogP contribution >= 0.6 is 0 Å². The van der Waals surface area contributed by atoms with E-state index in [1.54, 1.807) is 9.80 Å². The molecule has 0 aromatic heterocycles. The fourth-order valence-electron chi connectivity index (χ4n) is 3.23. The summed E-state index contributed by atoms with van der Waals surface area (Å²) in [7, 11) is 0. The fourth-order valence-corrected chi connectivity index (χ4v) is 3.23. The van der Waals surface area contributed by atoms with Gasteiger partial charge in [0, 0.05) is 19.1 Å². The molecule has 21 heavy (non-hydrogen) atoms. The molecule has 2 amide bonds. The van der Waals surface area contributed by atoms with Gasteiger partial charge in [-0.1, -0.05) is 30.3 Å². The van der Waals surface area contributed by atoms with Crippen LogP contribution in [0.3, 0.4) is 0 Å². The molecule has 1 aromatic rings. The molecule has 0 radical (unpaired) electrons. The van der Waals surface area contributed by atoms with E-state index in [1.165, 1.54) is 0 Å². The number of rotatable bonds is 3. The van der Waals surface area contributed by atoms with Gasteiger partial charge in [-0.25, -0.2) is 0 Å². The fraction of sp³-hybridized carbons (Fsp3) is 0.500. The molecular formula is C16H21N3O2. The molecule has 2 aliphatic rings. The van der Waals surface area contributed by atoms with Crippen molar-refractivity contribution >= 4 is 11.8 Å². The van der Waals surface area contributed by atoms with Gasteiger partial charge in [0.25, 0.3) is 0 Å². The zero-order valence-corrected chi connectivity index (χ0v) is 12.1. The summed E-state index contributed by atoms with van der Waals surface area (Å²) >= 11 is 0. The van der Waals surface area contributed by atoms with Crippen LogP contribution in [0.2, 0.25) is 0 Å². The minimum atomic E-state index is -0.261. The second-order valence-electron chi connectivity index (χ2n) is 5.83. The SMILES string of the molecule is NC(CN1CC(=O)N2CCCCC2C1=O)c1ccccc1. The number of amides is 2. The Labute approximate surface area is 124 Å². The quantitative estimate of drug-likeness (QED) is 0.898. The zero-order chi connectivity index (χ0) is 14.8. The van der Waals surface area contributed by atoms with Gasteiger partial charge < -0.3 is 15.5 Å². The molecule has 1 aromatic carbocycles. The highest BCUT2D eigenvalue weighted by atomic mass is 16.2. The molecule has 0 aliphatic carbocycles. The Balaban J connectivity index is 1.71. The molecule has 2 aliphatic heterocycles. The molecule has 2 atom stereocenters. The first-order valence-electron chi connectivity index (χ1n) is 7.55.